The fourth-order valence-corrected chi connectivity index (χ4v) is 3.87. The van der Waals surface area contributed by atoms with Crippen molar-refractivity contribution in [3.63, 3.8) is 0 Å². The van der Waals surface area contributed by atoms with Crippen molar-refractivity contribution in [2.75, 3.05) is 7.11 Å². The van der Waals surface area contributed by atoms with Crippen LogP contribution < -0.4 is 9.46 Å². The maximum atomic E-state index is 13.7. The molecule has 0 bridgehead atoms. The summed E-state index contributed by atoms with van der Waals surface area (Å²) in [6.45, 7) is 1.71. The molecular formula is C16H17ClFNO3S. The third-order valence-electron chi connectivity index (χ3n) is 3.37. The summed E-state index contributed by atoms with van der Waals surface area (Å²) in [6, 6.07) is 10.6. The number of nitrogens with one attached hydrogen (secondary N) is 1. The minimum atomic E-state index is -3.75. The summed E-state index contributed by atoms with van der Waals surface area (Å²) >= 11 is 5.88. The van der Waals surface area contributed by atoms with Crippen molar-refractivity contribution in [1.82, 2.24) is 4.72 Å². The quantitative estimate of drug-likeness (QED) is 0.858. The van der Waals surface area contributed by atoms with Gasteiger partial charge in [-0.25, -0.2) is 17.5 Å². The van der Waals surface area contributed by atoms with E-state index >= 15 is 0 Å². The van der Waals surface area contributed by atoms with Gasteiger partial charge in [0, 0.05) is 16.6 Å². The van der Waals surface area contributed by atoms with Gasteiger partial charge in [0.25, 0.3) is 0 Å². The van der Waals surface area contributed by atoms with E-state index in [-0.39, 0.29) is 10.6 Å². The zero-order valence-corrected chi connectivity index (χ0v) is 14.3. The lowest BCUT2D eigenvalue weighted by Crippen LogP contribution is -2.28. The highest BCUT2D eigenvalue weighted by Gasteiger charge is 2.20. The molecule has 23 heavy (non-hydrogen) atoms. The molecule has 1 N–H and O–H groups in total. The van der Waals surface area contributed by atoms with Crippen LogP contribution in [0.1, 0.15) is 24.1 Å². The second-order valence-corrected chi connectivity index (χ2v) is 7.23. The molecule has 0 fully saturated rings. The molecule has 2 aromatic rings. The Hall–Kier alpha value is -1.63. The van der Waals surface area contributed by atoms with Crippen LogP contribution in [0.3, 0.4) is 0 Å². The Morgan fingerprint density at radius 2 is 1.87 bits per heavy atom. The molecule has 4 nitrogen and oxygen atoms in total. The molecule has 124 valence electrons. The van der Waals surface area contributed by atoms with Gasteiger partial charge in [-0.15, -0.1) is 0 Å². The zero-order valence-electron chi connectivity index (χ0n) is 12.7. The predicted molar refractivity (Wildman–Crippen MR) is 88.6 cm³/mol. The topological polar surface area (TPSA) is 55.4 Å². The molecule has 0 heterocycles. The molecular weight excluding hydrogens is 341 g/mol. The van der Waals surface area contributed by atoms with E-state index < -0.39 is 27.6 Å². The lowest BCUT2D eigenvalue weighted by atomic mass is 10.1. The Labute approximate surface area is 140 Å². The largest absolute Gasteiger partial charge is 0.497 e. The third-order valence-corrected chi connectivity index (χ3v) is 5.10. The van der Waals surface area contributed by atoms with Crippen molar-refractivity contribution in [1.29, 1.82) is 0 Å². The van der Waals surface area contributed by atoms with Crippen molar-refractivity contribution in [3.05, 3.63) is 64.4 Å². The molecule has 0 saturated carbocycles. The summed E-state index contributed by atoms with van der Waals surface area (Å²) in [5.41, 5.74) is 0.734. The van der Waals surface area contributed by atoms with Crippen molar-refractivity contribution < 1.29 is 17.5 Å². The Bertz CT molecular complexity index is 758. The van der Waals surface area contributed by atoms with E-state index in [4.69, 9.17) is 16.3 Å². The van der Waals surface area contributed by atoms with Crippen molar-refractivity contribution >= 4 is 21.6 Å². The molecule has 0 aliphatic carbocycles. The lowest BCUT2D eigenvalue weighted by molar-refractivity contribution is 0.414. The Morgan fingerprint density at radius 3 is 2.43 bits per heavy atom. The number of sulfonamides is 1. The Morgan fingerprint density at radius 1 is 1.22 bits per heavy atom. The normalized spacial score (nSPS) is 12.9. The second-order valence-electron chi connectivity index (χ2n) is 5.07. The van der Waals surface area contributed by atoms with Crippen molar-refractivity contribution in [2.45, 2.75) is 18.7 Å². The summed E-state index contributed by atoms with van der Waals surface area (Å²) in [6.07, 6.45) is 0. The third kappa shape index (κ3) is 4.67. The summed E-state index contributed by atoms with van der Waals surface area (Å²) in [5, 5.41) is 0.0903. The van der Waals surface area contributed by atoms with Gasteiger partial charge in [-0.2, -0.15) is 0 Å². The fraction of sp³-hybridized carbons (Fsp3) is 0.250. The van der Waals surface area contributed by atoms with E-state index in [1.807, 2.05) is 0 Å². The fourth-order valence-electron chi connectivity index (χ4n) is 2.13. The number of benzene rings is 2. The number of ether oxygens (including phenoxy) is 1. The van der Waals surface area contributed by atoms with Gasteiger partial charge in [0.2, 0.25) is 10.0 Å². The standard InChI is InChI=1S/C16H17ClFNO3S/c1-11(12-6-8-13(22-2)9-7-12)19-23(20,21)10-14-15(17)4-3-5-16(14)18/h3-9,11,19H,10H2,1-2H3/t11-/m1/s1. The van der Waals surface area contributed by atoms with Crippen molar-refractivity contribution in [2.24, 2.45) is 0 Å². The molecule has 0 aliphatic rings. The van der Waals surface area contributed by atoms with Crippen LogP contribution in [0.25, 0.3) is 0 Å². The zero-order chi connectivity index (χ0) is 17.0. The molecule has 0 amide bonds. The predicted octanol–water partition coefficient (Wildman–Crippen LogP) is 3.67. The Balaban J connectivity index is 2.13. The SMILES string of the molecule is COc1ccc([C@@H](C)NS(=O)(=O)Cc2c(F)cccc2Cl)cc1. The average Bonchev–Trinajstić information content (AvgIpc) is 2.51. The summed E-state index contributed by atoms with van der Waals surface area (Å²) in [5.74, 6) is -0.471. The van der Waals surface area contributed by atoms with Crippen LogP contribution in [-0.2, 0) is 15.8 Å². The number of rotatable bonds is 6. The molecule has 0 unspecified atom stereocenters. The summed E-state index contributed by atoms with van der Waals surface area (Å²) < 4.78 is 45.8. The van der Waals surface area contributed by atoms with Crippen LogP contribution in [0.15, 0.2) is 42.5 Å². The molecule has 7 heteroatoms. The van der Waals surface area contributed by atoms with Crippen LogP contribution in [0.4, 0.5) is 4.39 Å². The van der Waals surface area contributed by atoms with Gasteiger partial charge in [-0.05, 0) is 36.8 Å². The minimum Gasteiger partial charge on any atom is -0.497 e. The number of hydrogen-bond acceptors (Lipinski definition) is 3. The van der Waals surface area contributed by atoms with Crippen LogP contribution in [0.5, 0.6) is 5.75 Å². The van der Waals surface area contributed by atoms with E-state index in [1.165, 1.54) is 18.2 Å². The molecule has 0 aromatic heterocycles. The first-order valence-corrected chi connectivity index (χ1v) is 8.92. The van der Waals surface area contributed by atoms with Gasteiger partial charge < -0.3 is 4.74 Å². The second kappa shape index (κ2) is 7.29. The minimum absolute atomic E-state index is 0.0383. The van der Waals surface area contributed by atoms with Gasteiger partial charge in [0.15, 0.2) is 0 Å². The average molecular weight is 358 g/mol. The number of halogens is 2. The van der Waals surface area contributed by atoms with Gasteiger partial charge in [-0.1, -0.05) is 29.8 Å². The van der Waals surface area contributed by atoms with Gasteiger partial charge >= 0.3 is 0 Å². The van der Waals surface area contributed by atoms with Gasteiger partial charge in [0.1, 0.15) is 11.6 Å². The Kier molecular flexibility index (Phi) is 5.62. The molecule has 1 atom stereocenters. The molecule has 0 aliphatic heterocycles. The number of methoxy groups -OCH3 is 1. The van der Waals surface area contributed by atoms with Gasteiger partial charge in [-0.3, -0.25) is 0 Å². The van der Waals surface area contributed by atoms with E-state index in [0.717, 1.165) is 5.56 Å². The van der Waals surface area contributed by atoms with Crippen LogP contribution in [-0.4, -0.2) is 15.5 Å². The smallest absolute Gasteiger partial charge is 0.216 e. The maximum absolute atomic E-state index is 13.7. The van der Waals surface area contributed by atoms with Gasteiger partial charge in [0.05, 0.1) is 12.9 Å². The van der Waals surface area contributed by atoms with E-state index in [0.29, 0.717) is 5.75 Å². The molecule has 2 rings (SSSR count). The maximum Gasteiger partial charge on any atom is 0.216 e. The molecule has 2 aromatic carbocycles. The van der Waals surface area contributed by atoms with E-state index in [1.54, 1.807) is 38.3 Å². The first-order chi connectivity index (χ1) is 10.8. The highest BCUT2D eigenvalue weighted by atomic mass is 35.5. The van der Waals surface area contributed by atoms with Crippen LogP contribution in [0.2, 0.25) is 5.02 Å². The molecule has 0 spiro atoms. The monoisotopic (exact) mass is 357 g/mol. The molecule has 0 radical (unpaired) electrons. The lowest BCUT2D eigenvalue weighted by Gasteiger charge is -2.15. The highest BCUT2D eigenvalue weighted by Crippen LogP contribution is 2.23. The van der Waals surface area contributed by atoms with Crippen LogP contribution in [0, 0.1) is 5.82 Å². The number of hydrogen-bond donors (Lipinski definition) is 1. The van der Waals surface area contributed by atoms with Crippen LogP contribution >= 0.6 is 11.6 Å². The first kappa shape index (κ1) is 17.7. The molecule has 0 saturated heterocycles. The van der Waals surface area contributed by atoms with E-state index in [2.05, 4.69) is 4.72 Å². The first-order valence-electron chi connectivity index (χ1n) is 6.89. The summed E-state index contributed by atoms with van der Waals surface area (Å²) in [7, 11) is -2.19. The summed E-state index contributed by atoms with van der Waals surface area (Å²) in [4.78, 5) is 0. The van der Waals surface area contributed by atoms with Crippen molar-refractivity contribution in [3.8, 4) is 5.75 Å². The van der Waals surface area contributed by atoms with E-state index in [9.17, 15) is 12.8 Å². The highest BCUT2D eigenvalue weighted by molar-refractivity contribution is 7.88.